The average Bonchev–Trinajstić information content (AvgIpc) is 3.20. The fourth-order valence-corrected chi connectivity index (χ4v) is 2.56. The molecule has 0 saturated carbocycles. The topological polar surface area (TPSA) is 67.6 Å². The highest BCUT2D eigenvalue weighted by atomic mass is 16.5. The number of carbonyl (C=O) groups excluding carboxylic acids is 1. The molecule has 3 aromatic rings. The molecule has 2 aromatic heterocycles. The third-order valence-corrected chi connectivity index (χ3v) is 3.88. The van der Waals surface area contributed by atoms with Crippen LogP contribution in [-0.2, 0) is 19.6 Å². The molecule has 0 bridgehead atoms. The number of hydrogen-bond donors (Lipinski definition) is 1. The second kappa shape index (κ2) is 8.71. The van der Waals surface area contributed by atoms with Gasteiger partial charge in [-0.25, -0.2) is 9.78 Å². The number of ether oxygens (including phenoxy) is 1. The van der Waals surface area contributed by atoms with Gasteiger partial charge in [-0.3, -0.25) is 0 Å². The van der Waals surface area contributed by atoms with Crippen LogP contribution in [0.15, 0.2) is 71.5 Å². The van der Waals surface area contributed by atoms with Crippen LogP contribution in [-0.4, -0.2) is 23.0 Å². The number of methoxy groups -OCH3 is 1. The van der Waals surface area contributed by atoms with Crippen LogP contribution in [0, 0.1) is 0 Å². The summed E-state index contributed by atoms with van der Waals surface area (Å²) in [6.07, 6.45) is 3.27. The normalized spacial score (nSPS) is 10.3. The van der Waals surface area contributed by atoms with Gasteiger partial charge in [0.25, 0.3) is 0 Å². The van der Waals surface area contributed by atoms with Crippen LogP contribution >= 0.6 is 0 Å². The number of aromatic nitrogens is 1. The molecule has 6 heteroatoms. The summed E-state index contributed by atoms with van der Waals surface area (Å²) < 4.78 is 10.5. The standard InChI is InChI=1S/C20H21N3O3/c1-25-19-12-17(9-10-21-19)13-22-20(24)23(15-18-8-5-11-26-18)14-16-6-3-2-4-7-16/h2-12H,13-15H2,1H3,(H,22,24). The Balaban J connectivity index is 1.67. The fourth-order valence-electron chi connectivity index (χ4n) is 2.56. The summed E-state index contributed by atoms with van der Waals surface area (Å²) in [5, 5.41) is 2.95. The Labute approximate surface area is 152 Å². The second-order valence-electron chi connectivity index (χ2n) is 5.79. The van der Waals surface area contributed by atoms with Gasteiger partial charge >= 0.3 is 6.03 Å². The summed E-state index contributed by atoms with van der Waals surface area (Å²) in [7, 11) is 1.57. The first kappa shape index (κ1) is 17.5. The van der Waals surface area contributed by atoms with E-state index in [2.05, 4.69) is 10.3 Å². The lowest BCUT2D eigenvalue weighted by Crippen LogP contribution is -2.38. The van der Waals surface area contributed by atoms with E-state index in [1.807, 2.05) is 48.5 Å². The molecule has 0 radical (unpaired) electrons. The molecule has 3 rings (SSSR count). The van der Waals surface area contributed by atoms with Gasteiger partial charge in [0, 0.05) is 25.4 Å². The lowest BCUT2D eigenvalue weighted by atomic mass is 10.2. The zero-order valence-electron chi connectivity index (χ0n) is 14.6. The zero-order valence-corrected chi connectivity index (χ0v) is 14.6. The lowest BCUT2D eigenvalue weighted by Gasteiger charge is -2.22. The van der Waals surface area contributed by atoms with Crippen molar-refractivity contribution in [3.8, 4) is 5.88 Å². The number of furan rings is 1. The van der Waals surface area contributed by atoms with Crippen molar-refractivity contribution in [2.24, 2.45) is 0 Å². The number of urea groups is 1. The summed E-state index contributed by atoms with van der Waals surface area (Å²) >= 11 is 0. The minimum atomic E-state index is -0.166. The molecular weight excluding hydrogens is 330 g/mol. The minimum Gasteiger partial charge on any atom is -0.481 e. The van der Waals surface area contributed by atoms with E-state index in [0.29, 0.717) is 25.5 Å². The smallest absolute Gasteiger partial charge is 0.318 e. The van der Waals surface area contributed by atoms with Crippen molar-refractivity contribution in [2.75, 3.05) is 7.11 Å². The number of hydrogen-bond acceptors (Lipinski definition) is 4. The number of nitrogens with one attached hydrogen (secondary N) is 1. The molecule has 0 spiro atoms. The van der Waals surface area contributed by atoms with Crippen molar-refractivity contribution in [2.45, 2.75) is 19.6 Å². The number of carbonyl (C=O) groups is 1. The van der Waals surface area contributed by atoms with Crippen molar-refractivity contribution in [3.05, 3.63) is 83.9 Å². The van der Waals surface area contributed by atoms with Gasteiger partial charge in [0.05, 0.1) is 19.9 Å². The van der Waals surface area contributed by atoms with Gasteiger partial charge in [0.15, 0.2) is 0 Å². The molecule has 0 unspecified atom stereocenters. The molecule has 1 aromatic carbocycles. The van der Waals surface area contributed by atoms with E-state index in [1.54, 1.807) is 30.5 Å². The van der Waals surface area contributed by atoms with Crippen LogP contribution in [0.4, 0.5) is 4.79 Å². The highest BCUT2D eigenvalue weighted by Crippen LogP contribution is 2.12. The molecule has 0 aliphatic carbocycles. The van der Waals surface area contributed by atoms with Crippen molar-refractivity contribution < 1.29 is 13.9 Å². The van der Waals surface area contributed by atoms with Crippen molar-refractivity contribution >= 4 is 6.03 Å². The molecule has 26 heavy (non-hydrogen) atoms. The number of benzene rings is 1. The molecule has 134 valence electrons. The van der Waals surface area contributed by atoms with Crippen LogP contribution in [0.25, 0.3) is 0 Å². The van der Waals surface area contributed by atoms with E-state index in [4.69, 9.17) is 9.15 Å². The molecule has 0 aliphatic heterocycles. The predicted octanol–water partition coefficient (Wildman–Crippen LogP) is 3.60. The minimum absolute atomic E-state index is 0.166. The van der Waals surface area contributed by atoms with E-state index < -0.39 is 0 Å². The largest absolute Gasteiger partial charge is 0.481 e. The summed E-state index contributed by atoms with van der Waals surface area (Å²) in [5.74, 6) is 1.26. The Morgan fingerprint density at radius 1 is 1.12 bits per heavy atom. The Kier molecular flexibility index (Phi) is 5.88. The molecular formula is C20H21N3O3. The maximum absolute atomic E-state index is 12.7. The SMILES string of the molecule is COc1cc(CNC(=O)N(Cc2ccccc2)Cc2ccco2)ccn1. The molecule has 0 aliphatic rings. The van der Waals surface area contributed by atoms with Gasteiger partial charge in [-0.15, -0.1) is 0 Å². The maximum atomic E-state index is 12.7. The number of amides is 2. The van der Waals surface area contributed by atoms with Crippen molar-refractivity contribution in [1.29, 1.82) is 0 Å². The maximum Gasteiger partial charge on any atom is 0.318 e. The predicted molar refractivity (Wildman–Crippen MR) is 97.4 cm³/mol. The summed E-state index contributed by atoms with van der Waals surface area (Å²) in [6, 6.07) is 17.0. The first-order chi connectivity index (χ1) is 12.7. The van der Waals surface area contributed by atoms with E-state index in [0.717, 1.165) is 16.9 Å². The van der Waals surface area contributed by atoms with E-state index in [9.17, 15) is 4.79 Å². The van der Waals surface area contributed by atoms with Crippen LogP contribution in [0.1, 0.15) is 16.9 Å². The molecule has 6 nitrogen and oxygen atoms in total. The Bertz CT molecular complexity index is 819. The van der Waals surface area contributed by atoms with E-state index in [1.165, 1.54) is 0 Å². The third kappa shape index (κ3) is 4.86. The molecule has 1 N–H and O–H groups in total. The summed E-state index contributed by atoms with van der Waals surface area (Å²) in [6.45, 7) is 1.28. The van der Waals surface area contributed by atoms with Crippen LogP contribution < -0.4 is 10.1 Å². The Hall–Kier alpha value is -3.28. The lowest BCUT2D eigenvalue weighted by molar-refractivity contribution is 0.187. The number of pyridine rings is 1. The number of rotatable bonds is 7. The summed E-state index contributed by atoms with van der Waals surface area (Å²) in [5.41, 5.74) is 1.97. The first-order valence-corrected chi connectivity index (χ1v) is 8.32. The van der Waals surface area contributed by atoms with E-state index in [-0.39, 0.29) is 6.03 Å². The van der Waals surface area contributed by atoms with Crippen LogP contribution in [0.2, 0.25) is 0 Å². The van der Waals surface area contributed by atoms with Gasteiger partial charge in [-0.1, -0.05) is 30.3 Å². The monoisotopic (exact) mass is 351 g/mol. The van der Waals surface area contributed by atoms with E-state index >= 15 is 0 Å². The van der Waals surface area contributed by atoms with Crippen molar-refractivity contribution in [3.63, 3.8) is 0 Å². The molecule has 0 saturated heterocycles. The zero-order chi connectivity index (χ0) is 18.2. The van der Waals surface area contributed by atoms with Crippen LogP contribution in [0.3, 0.4) is 0 Å². The third-order valence-electron chi connectivity index (χ3n) is 3.88. The Morgan fingerprint density at radius 2 is 1.96 bits per heavy atom. The van der Waals surface area contributed by atoms with Gasteiger partial charge < -0.3 is 19.4 Å². The summed E-state index contributed by atoms with van der Waals surface area (Å²) in [4.78, 5) is 18.5. The van der Waals surface area contributed by atoms with Crippen molar-refractivity contribution in [1.82, 2.24) is 15.2 Å². The molecule has 2 amide bonds. The molecule has 0 atom stereocenters. The fraction of sp³-hybridized carbons (Fsp3) is 0.200. The van der Waals surface area contributed by atoms with Gasteiger partial charge in [-0.05, 0) is 29.3 Å². The second-order valence-corrected chi connectivity index (χ2v) is 5.79. The molecule has 0 fully saturated rings. The van der Waals surface area contributed by atoms with Gasteiger partial charge in [0.1, 0.15) is 5.76 Å². The van der Waals surface area contributed by atoms with Crippen LogP contribution in [0.5, 0.6) is 5.88 Å². The van der Waals surface area contributed by atoms with Gasteiger partial charge in [-0.2, -0.15) is 0 Å². The quantitative estimate of drug-likeness (QED) is 0.706. The highest BCUT2D eigenvalue weighted by molar-refractivity contribution is 5.74. The van der Waals surface area contributed by atoms with Gasteiger partial charge in [0.2, 0.25) is 5.88 Å². The Morgan fingerprint density at radius 3 is 2.69 bits per heavy atom. The first-order valence-electron chi connectivity index (χ1n) is 8.32. The highest BCUT2D eigenvalue weighted by Gasteiger charge is 2.16. The molecule has 2 heterocycles. The number of nitrogens with zero attached hydrogens (tertiary/aromatic N) is 2. The average molecular weight is 351 g/mol.